The predicted molar refractivity (Wildman–Crippen MR) is 80.0 cm³/mol. The Balaban J connectivity index is 2.13. The minimum atomic E-state index is -3.35. The van der Waals surface area contributed by atoms with Crippen LogP contribution in [0.15, 0.2) is 21.9 Å². The van der Waals surface area contributed by atoms with E-state index in [1.807, 2.05) is 13.8 Å². The highest BCUT2D eigenvalue weighted by Gasteiger charge is 2.16. The number of hydrogen-bond acceptors (Lipinski definition) is 6. The lowest BCUT2D eigenvalue weighted by Gasteiger charge is -2.06. The second-order valence-corrected chi connectivity index (χ2v) is 7.41. The van der Waals surface area contributed by atoms with Gasteiger partial charge in [0.15, 0.2) is 10.9 Å². The van der Waals surface area contributed by atoms with Crippen molar-refractivity contribution in [3.63, 3.8) is 0 Å². The molecule has 6 nitrogen and oxygen atoms in total. The third kappa shape index (κ3) is 3.81. The van der Waals surface area contributed by atoms with Gasteiger partial charge in [0.05, 0.1) is 12.3 Å². The van der Waals surface area contributed by atoms with E-state index in [9.17, 15) is 8.42 Å². The fourth-order valence-electron chi connectivity index (χ4n) is 1.67. The summed E-state index contributed by atoms with van der Waals surface area (Å²) in [6.45, 7) is 4.02. The van der Waals surface area contributed by atoms with Crippen LogP contribution in [-0.4, -0.2) is 19.2 Å². The van der Waals surface area contributed by atoms with E-state index in [0.29, 0.717) is 28.9 Å². The number of furan rings is 1. The average molecular weight is 315 g/mol. The van der Waals surface area contributed by atoms with Gasteiger partial charge < -0.3 is 10.2 Å². The van der Waals surface area contributed by atoms with Crippen LogP contribution in [0.4, 0.5) is 5.13 Å². The van der Waals surface area contributed by atoms with E-state index in [4.69, 9.17) is 10.2 Å². The molecule has 0 aromatic carbocycles. The summed E-state index contributed by atoms with van der Waals surface area (Å²) in [6.07, 6.45) is 0. The van der Waals surface area contributed by atoms with Gasteiger partial charge in [0, 0.05) is 5.38 Å². The van der Waals surface area contributed by atoms with Gasteiger partial charge in [-0.2, -0.15) is 0 Å². The van der Waals surface area contributed by atoms with Crippen molar-refractivity contribution < 1.29 is 12.8 Å². The number of hydrogen-bond donors (Lipinski definition) is 2. The van der Waals surface area contributed by atoms with Crippen molar-refractivity contribution in [2.24, 2.45) is 11.7 Å². The molecule has 0 aliphatic rings. The molecule has 0 aliphatic heterocycles. The third-order valence-electron chi connectivity index (χ3n) is 2.42. The summed E-state index contributed by atoms with van der Waals surface area (Å²) in [4.78, 5) is 4.21. The van der Waals surface area contributed by atoms with E-state index in [0.717, 1.165) is 0 Å². The Bertz CT molecular complexity index is 674. The molecule has 2 aromatic heterocycles. The molecule has 2 rings (SSSR count). The number of rotatable bonds is 6. The Labute approximate surface area is 122 Å². The molecule has 0 bridgehead atoms. The molecule has 2 aromatic rings. The van der Waals surface area contributed by atoms with Crippen LogP contribution in [0.5, 0.6) is 0 Å². The zero-order chi connectivity index (χ0) is 14.8. The van der Waals surface area contributed by atoms with Crippen molar-refractivity contribution in [2.75, 3.05) is 10.5 Å². The fourth-order valence-corrected chi connectivity index (χ4v) is 4.06. The molecule has 0 saturated heterocycles. The Hall–Kier alpha value is -1.38. The van der Waals surface area contributed by atoms with Crippen molar-refractivity contribution in [3.8, 4) is 11.5 Å². The molecule has 0 spiro atoms. The Morgan fingerprint density at radius 3 is 2.80 bits per heavy atom. The molecule has 0 amide bonds. The van der Waals surface area contributed by atoms with Crippen LogP contribution in [0.2, 0.25) is 0 Å². The standard InChI is InChI=1S/C12H17N3O3S2/c1-8(2)7-20(16,17)15-12-14-10(6-19-12)11-4-3-9(5-13)18-11/h3-4,6,8H,5,7,13H2,1-2H3,(H,14,15). The van der Waals surface area contributed by atoms with Gasteiger partial charge >= 0.3 is 0 Å². The quantitative estimate of drug-likeness (QED) is 0.852. The monoisotopic (exact) mass is 315 g/mol. The number of aromatic nitrogens is 1. The van der Waals surface area contributed by atoms with Crippen LogP contribution in [0, 0.1) is 5.92 Å². The highest BCUT2D eigenvalue weighted by molar-refractivity contribution is 7.92. The molecule has 110 valence electrons. The summed E-state index contributed by atoms with van der Waals surface area (Å²) in [5, 5.41) is 2.08. The maximum absolute atomic E-state index is 11.8. The molecule has 3 N–H and O–H groups in total. The largest absolute Gasteiger partial charge is 0.458 e. The van der Waals surface area contributed by atoms with Gasteiger partial charge in [-0.25, -0.2) is 13.4 Å². The van der Waals surface area contributed by atoms with E-state index in [-0.39, 0.29) is 11.7 Å². The van der Waals surface area contributed by atoms with Crippen molar-refractivity contribution in [3.05, 3.63) is 23.3 Å². The van der Waals surface area contributed by atoms with Crippen molar-refractivity contribution in [1.82, 2.24) is 4.98 Å². The Morgan fingerprint density at radius 2 is 2.20 bits per heavy atom. The molecule has 0 radical (unpaired) electrons. The van der Waals surface area contributed by atoms with E-state index in [2.05, 4.69) is 9.71 Å². The molecule has 0 unspecified atom stereocenters. The second-order valence-electron chi connectivity index (χ2n) is 4.79. The minimum Gasteiger partial charge on any atom is -0.458 e. The van der Waals surface area contributed by atoms with Crippen molar-refractivity contribution in [2.45, 2.75) is 20.4 Å². The first kappa shape index (κ1) is 15.0. The van der Waals surface area contributed by atoms with Crippen molar-refractivity contribution in [1.29, 1.82) is 0 Å². The molecule has 0 saturated carbocycles. The van der Waals surface area contributed by atoms with Gasteiger partial charge in [-0.05, 0) is 18.1 Å². The zero-order valence-electron chi connectivity index (χ0n) is 11.3. The number of nitrogens with two attached hydrogens (primary N) is 1. The van der Waals surface area contributed by atoms with Gasteiger partial charge in [-0.15, -0.1) is 11.3 Å². The summed E-state index contributed by atoms with van der Waals surface area (Å²) in [6, 6.07) is 3.54. The van der Waals surface area contributed by atoms with E-state index in [1.54, 1.807) is 17.5 Å². The summed E-state index contributed by atoms with van der Waals surface area (Å²) in [5.41, 5.74) is 6.07. The van der Waals surface area contributed by atoms with Gasteiger partial charge in [0.1, 0.15) is 11.5 Å². The molecule has 0 atom stereocenters. The maximum Gasteiger partial charge on any atom is 0.234 e. The zero-order valence-corrected chi connectivity index (χ0v) is 12.9. The molecule has 0 aliphatic carbocycles. The van der Waals surface area contributed by atoms with Gasteiger partial charge in [-0.3, -0.25) is 4.72 Å². The van der Waals surface area contributed by atoms with E-state index < -0.39 is 10.0 Å². The molecular formula is C12H17N3O3S2. The van der Waals surface area contributed by atoms with Crippen LogP contribution in [0.1, 0.15) is 19.6 Å². The normalized spacial score (nSPS) is 12.0. The molecular weight excluding hydrogens is 298 g/mol. The minimum absolute atomic E-state index is 0.0594. The average Bonchev–Trinajstić information content (AvgIpc) is 2.94. The lowest BCUT2D eigenvalue weighted by atomic mass is 10.3. The lowest BCUT2D eigenvalue weighted by Crippen LogP contribution is -2.19. The van der Waals surface area contributed by atoms with Crippen LogP contribution in [0.3, 0.4) is 0 Å². The van der Waals surface area contributed by atoms with Crippen LogP contribution >= 0.6 is 11.3 Å². The number of nitrogens with zero attached hydrogens (tertiary/aromatic N) is 1. The van der Waals surface area contributed by atoms with Crippen LogP contribution < -0.4 is 10.5 Å². The summed E-state index contributed by atoms with van der Waals surface area (Å²) in [7, 11) is -3.35. The number of nitrogens with one attached hydrogen (secondary N) is 1. The smallest absolute Gasteiger partial charge is 0.234 e. The first-order valence-corrected chi connectivity index (χ1v) is 8.68. The van der Waals surface area contributed by atoms with E-state index >= 15 is 0 Å². The summed E-state index contributed by atoms with van der Waals surface area (Å²) in [5.74, 6) is 1.37. The van der Waals surface area contributed by atoms with Gasteiger partial charge in [-0.1, -0.05) is 13.8 Å². The molecule has 8 heteroatoms. The topological polar surface area (TPSA) is 98.2 Å². The summed E-state index contributed by atoms with van der Waals surface area (Å²) >= 11 is 1.22. The van der Waals surface area contributed by atoms with Crippen LogP contribution in [-0.2, 0) is 16.6 Å². The SMILES string of the molecule is CC(C)CS(=O)(=O)Nc1nc(-c2ccc(CN)o2)cs1. The first-order chi connectivity index (χ1) is 9.39. The second kappa shape index (κ2) is 5.94. The first-order valence-electron chi connectivity index (χ1n) is 6.15. The highest BCUT2D eigenvalue weighted by atomic mass is 32.2. The number of anilines is 1. The van der Waals surface area contributed by atoms with Crippen molar-refractivity contribution >= 4 is 26.5 Å². The number of sulfonamides is 1. The third-order valence-corrected chi connectivity index (χ3v) is 4.91. The number of thiazole rings is 1. The van der Waals surface area contributed by atoms with Gasteiger partial charge in [0.25, 0.3) is 0 Å². The Kier molecular flexibility index (Phi) is 4.46. The fraction of sp³-hybridized carbons (Fsp3) is 0.417. The van der Waals surface area contributed by atoms with Gasteiger partial charge in [0.2, 0.25) is 10.0 Å². The molecule has 0 fully saturated rings. The predicted octanol–water partition coefficient (Wildman–Crippen LogP) is 2.26. The molecule has 2 heterocycles. The Morgan fingerprint density at radius 1 is 1.45 bits per heavy atom. The van der Waals surface area contributed by atoms with Crippen LogP contribution in [0.25, 0.3) is 11.5 Å². The maximum atomic E-state index is 11.8. The lowest BCUT2D eigenvalue weighted by molar-refractivity contribution is 0.524. The summed E-state index contributed by atoms with van der Waals surface area (Å²) < 4.78 is 31.6. The van der Waals surface area contributed by atoms with E-state index in [1.165, 1.54) is 11.3 Å². The highest BCUT2D eigenvalue weighted by Crippen LogP contribution is 2.27. The molecule has 20 heavy (non-hydrogen) atoms.